The monoisotopic (exact) mass is 469 g/mol. The summed E-state index contributed by atoms with van der Waals surface area (Å²) in [5.41, 5.74) is 2.31. The summed E-state index contributed by atoms with van der Waals surface area (Å²) in [6, 6.07) is 16.6. The molecule has 2 aromatic rings. The number of likely N-dealkylation sites (tertiary alicyclic amines) is 1. The number of carbonyl (C=O) groups excluding carboxylic acids is 2. The average molecular weight is 470 g/mol. The molecule has 0 unspecified atom stereocenters. The van der Waals surface area contributed by atoms with Crippen LogP contribution < -0.4 is 5.32 Å². The molecule has 1 N–H and O–H groups in total. The predicted octanol–water partition coefficient (Wildman–Crippen LogP) is 2.78. The topological polar surface area (TPSA) is 86.8 Å². The first-order valence-electron chi connectivity index (χ1n) is 11.6. The molecule has 2 aliphatic heterocycles. The van der Waals surface area contributed by atoms with Gasteiger partial charge >= 0.3 is 0 Å². The van der Waals surface area contributed by atoms with Crippen molar-refractivity contribution in [3.63, 3.8) is 0 Å². The van der Waals surface area contributed by atoms with Crippen molar-refractivity contribution in [3.8, 4) is 0 Å². The zero-order valence-electron chi connectivity index (χ0n) is 18.8. The van der Waals surface area contributed by atoms with E-state index < -0.39 is 10.0 Å². The molecule has 8 heteroatoms. The summed E-state index contributed by atoms with van der Waals surface area (Å²) in [6.45, 7) is 2.67. The van der Waals surface area contributed by atoms with Crippen molar-refractivity contribution in [2.45, 2.75) is 38.0 Å². The number of carbonyl (C=O) groups is 2. The second-order valence-corrected chi connectivity index (χ2v) is 10.8. The van der Waals surface area contributed by atoms with Gasteiger partial charge in [-0.1, -0.05) is 42.5 Å². The van der Waals surface area contributed by atoms with Crippen molar-refractivity contribution in [2.24, 2.45) is 5.92 Å². The lowest BCUT2D eigenvalue weighted by Gasteiger charge is -2.30. The summed E-state index contributed by atoms with van der Waals surface area (Å²) in [7, 11) is -3.40. The molecule has 0 bridgehead atoms. The summed E-state index contributed by atoms with van der Waals surface area (Å²) in [6.07, 6.45) is 3.11. The standard InChI is InChI=1S/C25H31N3O4S/c29-24(26-18-21-9-6-10-23(17-21)25(30)27-13-4-5-14-27)22-11-15-28(16-12-22)33(31,32)19-20-7-2-1-3-8-20/h1-3,6-10,17,22H,4-5,11-16,18-19H2,(H,26,29). The Kier molecular flexibility index (Phi) is 7.45. The van der Waals surface area contributed by atoms with Crippen molar-refractivity contribution in [1.82, 2.24) is 14.5 Å². The molecule has 2 heterocycles. The molecule has 2 amide bonds. The summed E-state index contributed by atoms with van der Waals surface area (Å²) in [5.74, 6) is -0.240. The van der Waals surface area contributed by atoms with Gasteiger partial charge in [-0.25, -0.2) is 12.7 Å². The molecule has 0 aromatic heterocycles. The highest BCUT2D eigenvalue weighted by atomic mass is 32.2. The first-order chi connectivity index (χ1) is 15.9. The van der Waals surface area contributed by atoms with Crippen LogP contribution in [0.3, 0.4) is 0 Å². The van der Waals surface area contributed by atoms with Crippen LogP contribution in [0.4, 0.5) is 0 Å². The fourth-order valence-electron chi connectivity index (χ4n) is 4.52. The van der Waals surface area contributed by atoms with Crippen molar-refractivity contribution < 1.29 is 18.0 Å². The maximum atomic E-state index is 12.7. The van der Waals surface area contributed by atoms with E-state index >= 15 is 0 Å². The van der Waals surface area contributed by atoms with Gasteiger partial charge in [-0.15, -0.1) is 0 Å². The maximum Gasteiger partial charge on any atom is 0.253 e. The van der Waals surface area contributed by atoms with Crippen LogP contribution >= 0.6 is 0 Å². The number of benzene rings is 2. The van der Waals surface area contributed by atoms with Gasteiger partial charge in [0.05, 0.1) is 5.75 Å². The van der Waals surface area contributed by atoms with E-state index in [9.17, 15) is 18.0 Å². The number of piperidine rings is 1. The minimum Gasteiger partial charge on any atom is -0.352 e. The smallest absolute Gasteiger partial charge is 0.253 e. The maximum absolute atomic E-state index is 12.7. The molecular formula is C25H31N3O4S. The van der Waals surface area contributed by atoms with E-state index in [1.807, 2.05) is 59.5 Å². The van der Waals surface area contributed by atoms with E-state index in [1.165, 1.54) is 4.31 Å². The Bertz CT molecular complexity index is 1070. The fraction of sp³-hybridized carbons (Fsp3) is 0.440. The summed E-state index contributed by atoms with van der Waals surface area (Å²) >= 11 is 0. The Morgan fingerprint density at radius 1 is 0.879 bits per heavy atom. The third-order valence-electron chi connectivity index (χ3n) is 6.44. The molecule has 2 aliphatic rings. The first-order valence-corrected chi connectivity index (χ1v) is 13.2. The number of nitrogens with one attached hydrogen (secondary N) is 1. The number of rotatable bonds is 7. The van der Waals surface area contributed by atoms with Gasteiger partial charge in [0.25, 0.3) is 5.91 Å². The van der Waals surface area contributed by atoms with Crippen LogP contribution in [0.15, 0.2) is 54.6 Å². The molecule has 2 fully saturated rings. The Hall–Kier alpha value is -2.71. The van der Waals surface area contributed by atoms with E-state index in [0.29, 0.717) is 38.0 Å². The van der Waals surface area contributed by atoms with Gasteiger partial charge in [-0.05, 0) is 48.9 Å². The lowest BCUT2D eigenvalue weighted by molar-refractivity contribution is -0.126. The Morgan fingerprint density at radius 2 is 1.55 bits per heavy atom. The second kappa shape index (κ2) is 10.5. The summed E-state index contributed by atoms with van der Waals surface area (Å²) in [5, 5.41) is 2.97. The molecular weight excluding hydrogens is 438 g/mol. The van der Waals surface area contributed by atoms with Gasteiger partial charge in [0.2, 0.25) is 15.9 Å². The van der Waals surface area contributed by atoms with Gasteiger partial charge in [0, 0.05) is 44.2 Å². The molecule has 0 spiro atoms. The van der Waals surface area contributed by atoms with E-state index in [-0.39, 0.29) is 23.5 Å². The normalized spacial score (nSPS) is 17.8. The van der Waals surface area contributed by atoms with E-state index in [4.69, 9.17) is 0 Å². The van der Waals surface area contributed by atoms with Gasteiger partial charge in [0.15, 0.2) is 0 Å². The van der Waals surface area contributed by atoms with Crippen molar-refractivity contribution in [1.29, 1.82) is 0 Å². The zero-order valence-corrected chi connectivity index (χ0v) is 19.6. The van der Waals surface area contributed by atoms with Crippen LogP contribution in [0, 0.1) is 5.92 Å². The molecule has 2 aromatic carbocycles. The highest BCUT2D eigenvalue weighted by molar-refractivity contribution is 7.88. The van der Waals surface area contributed by atoms with Gasteiger partial charge in [0.1, 0.15) is 0 Å². The molecule has 2 saturated heterocycles. The van der Waals surface area contributed by atoms with Gasteiger partial charge < -0.3 is 10.2 Å². The van der Waals surface area contributed by atoms with Gasteiger partial charge in [-0.2, -0.15) is 0 Å². The Labute approximate surface area is 195 Å². The third-order valence-corrected chi connectivity index (χ3v) is 8.29. The largest absolute Gasteiger partial charge is 0.352 e. The number of hydrogen-bond acceptors (Lipinski definition) is 4. The number of amides is 2. The van der Waals surface area contributed by atoms with Crippen LogP contribution in [-0.4, -0.2) is 55.6 Å². The third kappa shape index (κ3) is 6.00. The van der Waals surface area contributed by atoms with Crippen LogP contribution in [-0.2, 0) is 27.1 Å². The highest BCUT2D eigenvalue weighted by Gasteiger charge is 2.31. The SMILES string of the molecule is O=C(NCc1cccc(C(=O)N2CCCC2)c1)C1CCN(S(=O)(=O)Cc2ccccc2)CC1. The molecule has 33 heavy (non-hydrogen) atoms. The quantitative estimate of drug-likeness (QED) is 0.676. The summed E-state index contributed by atoms with van der Waals surface area (Å²) < 4.78 is 26.9. The number of sulfonamides is 1. The number of nitrogens with zero attached hydrogens (tertiary/aromatic N) is 2. The molecule has 7 nitrogen and oxygen atoms in total. The summed E-state index contributed by atoms with van der Waals surface area (Å²) in [4.78, 5) is 27.2. The first kappa shape index (κ1) is 23.4. The molecule has 0 aliphatic carbocycles. The molecule has 176 valence electrons. The van der Waals surface area contributed by atoms with Crippen LogP contribution in [0.25, 0.3) is 0 Å². The second-order valence-electron chi connectivity index (χ2n) is 8.83. The zero-order chi connectivity index (χ0) is 23.3. The fourth-order valence-corrected chi connectivity index (χ4v) is 6.09. The highest BCUT2D eigenvalue weighted by Crippen LogP contribution is 2.22. The Balaban J connectivity index is 1.26. The van der Waals surface area contributed by atoms with Crippen LogP contribution in [0.1, 0.15) is 47.2 Å². The predicted molar refractivity (Wildman–Crippen MR) is 127 cm³/mol. The minimum atomic E-state index is -3.40. The number of hydrogen-bond donors (Lipinski definition) is 1. The van der Waals surface area contributed by atoms with E-state index in [1.54, 1.807) is 0 Å². The van der Waals surface area contributed by atoms with E-state index in [2.05, 4.69) is 5.32 Å². The average Bonchev–Trinajstić information content (AvgIpc) is 3.38. The van der Waals surface area contributed by atoms with Crippen molar-refractivity contribution in [3.05, 3.63) is 71.3 Å². The minimum absolute atomic E-state index is 0.0167. The molecule has 4 rings (SSSR count). The van der Waals surface area contributed by atoms with Crippen molar-refractivity contribution >= 4 is 21.8 Å². The lowest BCUT2D eigenvalue weighted by Crippen LogP contribution is -2.43. The molecule has 0 saturated carbocycles. The van der Waals surface area contributed by atoms with Crippen molar-refractivity contribution in [2.75, 3.05) is 26.2 Å². The molecule has 0 radical (unpaired) electrons. The molecule has 0 atom stereocenters. The Morgan fingerprint density at radius 3 is 2.24 bits per heavy atom. The van der Waals surface area contributed by atoms with Crippen LogP contribution in [0.2, 0.25) is 0 Å². The van der Waals surface area contributed by atoms with Gasteiger partial charge in [-0.3, -0.25) is 9.59 Å². The lowest BCUT2D eigenvalue weighted by atomic mass is 9.97. The van der Waals surface area contributed by atoms with Crippen LogP contribution in [0.5, 0.6) is 0 Å². The van der Waals surface area contributed by atoms with E-state index in [0.717, 1.165) is 37.1 Å².